The molecule has 4 rings (SSSR count). The van der Waals surface area contributed by atoms with E-state index < -0.39 is 6.09 Å². The van der Waals surface area contributed by atoms with Crippen LogP contribution in [0.25, 0.3) is 28.0 Å². The Labute approximate surface area is 172 Å². The van der Waals surface area contributed by atoms with E-state index in [1.807, 2.05) is 44.2 Å². The Morgan fingerprint density at radius 2 is 1.83 bits per heavy atom. The predicted molar refractivity (Wildman–Crippen MR) is 115 cm³/mol. The number of carbonyl (C=O) groups excluding carboxylic acids is 1. The third-order valence-electron chi connectivity index (χ3n) is 4.68. The minimum atomic E-state index is -0.560. The molecule has 30 heavy (non-hydrogen) atoms. The zero-order chi connectivity index (χ0) is 21.3. The van der Waals surface area contributed by atoms with E-state index in [0.29, 0.717) is 11.4 Å². The number of aromatic nitrogens is 4. The molecule has 0 fully saturated rings. The first-order valence-corrected chi connectivity index (χ1v) is 9.51. The van der Waals surface area contributed by atoms with Crippen molar-refractivity contribution in [2.45, 2.75) is 19.9 Å². The molecule has 1 N–H and O–H groups in total. The van der Waals surface area contributed by atoms with Gasteiger partial charge >= 0.3 is 6.09 Å². The zero-order valence-electron chi connectivity index (χ0n) is 16.9. The largest absolute Gasteiger partial charge is 0.453 e. The van der Waals surface area contributed by atoms with E-state index in [4.69, 9.17) is 5.10 Å². The summed E-state index contributed by atoms with van der Waals surface area (Å²) in [4.78, 5) is 23.9. The number of fused-ring (bicyclic) bond motifs is 1. The number of amides is 1. The van der Waals surface area contributed by atoms with Crippen LogP contribution in [0.15, 0.2) is 65.6 Å². The standard InChI is InChI=1S/C22H21N5O3/c1-14(2)27-19(28)10-9-17(24-27)20-18-13-16(23-22(29)30-3)11-12-26(18)25-21(20)15-7-5-4-6-8-15/h4-14H,1-3H3,(H,23,29). The van der Waals surface area contributed by atoms with Crippen LogP contribution in [0.4, 0.5) is 10.5 Å². The van der Waals surface area contributed by atoms with Gasteiger partial charge in [0.15, 0.2) is 0 Å². The van der Waals surface area contributed by atoms with Crippen LogP contribution in [-0.2, 0) is 4.74 Å². The number of methoxy groups -OCH3 is 1. The van der Waals surface area contributed by atoms with E-state index >= 15 is 0 Å². The second kappa shape index (κ2) is 7.82. The fraction of sp³-hybridized carbons (Fsp3) is 0.182. The summed E-state index contributed by atoms with van der Waals surface area (Å²) in [6.45, 7) is 3.82. The van der Waals surface area contributed by atoms with Crippen molar-refractivity contribution in [1.82, 2.24) is 19.4 Å². The van der Waals surface area contributed by atoms with Gasteiger partial charge in [-0.25, -0.2) is 14.0 Å². The van der Waals surface area contributed by atoms with Crippen LogP contribution in [-0.4, -0.2) is 32.6 Å². The number of nitrogens with one attached hydrogen (secondary N) is 1. The van der Waals surface area contributed by atoms with E-state index in [2.05, 4.69) is 15.2 Å². The molecule has 0 unspecified atom stereocenters. The summed E-state index contributed by atoms with van der Waals surface area (Å²) in [6.07, 6.45) is 1.20. The quantitative estimate of drug-likeness (QED) is 0.556. The van der Waals surface area contributed by atoms with Gasteiger partial charge in [-0.3, -0.25) is 10.1 Å². The number of benzene rings is 1. The van der Waals surface area contributed by atoms with Gasteiger partial charge in [0, 0.05) is 23.5 Å². The fourth-order valence-corrected chi connectivity index (χ4v) is 3.27. The summed E-state index contributed by atoms with van der Waals surface area (Å²) in [5.41, 5.74) is 4.17. The van der Waals surface area contributed by atoms with E-state index in [1.54, 1.807) is 28.9 Å². The SMILES string of the molecule is COC(=O)Nc1ccn2nc(-c3ccccc3)c(-c3ccc(=O)n(C(C)C)n3)c2c1. The lowest BCUT2D eigenvalue weighted by Crippen LogP contribution is -2.23. The van der Waals surface area contributed by atoms with Crippen molar-refractivity contribution in [2.75, 3.05) is 12.4 Å². The van der Waals surface area contributed by atoms with Crippen molar-refractivity contribution in [3.8, 4) is 22.5 Å². The highest BCUT2D eigenvalue weighted by atomic mass is 16.5. The summed E-state index contributed by atoms with van der Waals surface area (Å²) < 4.78 is 7.87. The van der Waals surface area contributed by atoms with E-state index in [0.717, 1.165) is 22.3 Å². The maximum atomic E-state index is 12.2. The van der Waals surface area contributed by atoms with Gasteiger partial charge in [-0.2, -0.15) is 10.2 Å². The molecule has 3 aromatic heterocycles. The van der Waals surface area contributed by atoms with Gasteiger partial charge in [0.25, 0.3) is 5.56 Å². The fourth-order valence-electron chi connectivity index (χ4n) is 3.27. The molecule has 0 aliphatic rings. The Balaban J connectivity index is 1.99. The average molecular weight is 403 g/mol. The van der Waals surface area contributed by atoms with Crippen LogP contribution in [0.2, 0.25) is 0 Å². The molecule has 0 aliphatic heterocycles. The molecule has 3 heterocycles. The van der Waals surface area contributed by atoms with Crippen LogP contribution in [0.1, 0.15) is 19.9 Å². The maximum Gasteiger partial charge on any atom is 0.411 e. The number of ether oxygens (including phenoxy) is 1. The second-order valence-electron chi connectivity index (χ2n) is 7.05. The van der Waals surface area contributed by atoms with Crippen molar-refractivity contribution in [2.24, 2.45) is 0 Å². The summed E-state index contributed by atoms with van der Waals surface area (Å²) in [5, 5.41) is 12.0. The van der Waals surface area contributed by atoms with Crippen LogP contribution in [0.5, 0.6) is 0 Å². The van der Waals surface area contributed by atoms with Crippen LogP contribution in [0, 0.1) is 0 Å². The van der Waals surface area contributed by atoms with Gasteiger partial charge < -0.3 is 4.74 Å². The van der Waals surface area contributed by atoms with Crippen molar-refractivity contribution < 1.29 is 9.53 Å². The van der Waals surface area contributed by atoms with Crippen molar-refractivity contribution in [3.63, 3.8) is 0 Å². The Kier molecular flexibility index (Phi) is 5.05. The molecule has 0 bridgehead atoms. The first-order chi connectivity index (χ1) is 14.5. The molecule has 0 spiro atoms. The summed E-state index contributed by atoms with van der Waals surface area (Å²) in [7, 11) is 1.31. The third kappa shape index (κ3) is 3.55. The number of anilines is 1. The molecule has 0 atom stereocenters. The molecule has 4 aromatic rings. The predicted octanol–water partition coefficient (Wildman–Crippen LogP) is 3.98. The molecule has 0 radical (unpaired) electrons. The lowest BCUT2D eigenvalue weighted by molar-refractivity contribution is 0.187. The van der Waals surface area contributed by atoms with E-state index in [9.17, 15) is 9.59 Å². The molecule has 1 aromatic carbocycles. The average Bonchev–Trinajstić information content (AvgIpc) is 3.13. The number of carbonyl (C=O) groups is 1. The van der Waals surface area contributed by atoms with Gasteiger partial charge in [0.1, 0.15) is 5.69 Å². The molecule has 8 heteroatoms. The van der Waals surface area contributed by atoms with Crippen molar-refractivity contribution in [1.29, 1.82) is 0 Å². The molecule has 152 valence electrons. The maximum absolute atomic E-state index is 12.2. The molecule has 8 nitrogen and oxygen atoms in total. The summed E-state index contributed by atoms with van der Waals surface area (Å²) >= 11 is 0. The molecule has 1 amide bonds. The lowest BCUT2D eigenvalue weighted by atomic mass is 10.0. The van der Waals surface area contributed by atoms with Gasteiger partial charge in [0.05, 0.1) is 29.9 Å². The smallest absolute Gasteiger partial charge is 0.411 e. The summed E-state index contributed by atoms with van der Waals surface area (Å²) in [6, 6.07) is 16.4. The van der Waals surface area contributed by atoms with Crippen molar-refractivity contribution in [3.05, 3.63) is 71.1 Å². The third-order valence-corrected chi connectivity index (χ3v) is 4.68. The molecular weight excluding hydrogens is 382 g/mol. The number of nitrogens with zero attached hydrogens (tertiary/aromatic N) is 4. The number of rotatable bonds is 4. The van der Waals surface area contributed by atoms with Crippen LogP contribution < -0.4 is 10.9 Å². The lowest BCUT2D eigenvalue weighted by Gasteiger charge is -2.11. The van der Waals surface area contributed by atoms with Crippen molar-refractivity contribution >= 4 is 17.3 Å². The normalized spacial score (nSPS) is 11.1. The Morgan fingerprint density at radius 3 is 2.53 bits per heavy atom. The Bertz CT molecular complexity index is 1280. The molecular formula is C22H21N5O3. The Hall–Kier alpha value is -3.94. The minimum absolute atomic E-state index is 0.0870. The number of hydrogen-bond donors (Lipinski definition) is 1. The van der Waals surface area contributed by atoms with Gasteiger partial charge in [-0.1, -0.05) is 30.3 Å². The van der Waals surface area contributed by atoms with E-state index in [1.165, 1.54) is 17.9 Å². The zero-order valence-corrected chi connectivity index (χ0v) is 16.9. The highest BCUT2D eigenvalue weighted by Crippen LogP contribution is 2.34. The van der Waals surface area contributed by atoms with Crippen LogP contribution in [0.3, 0.4) is 0 Å². The van der Waals surface area contributed by atoms with Gasteiger partial charge in [-0.15, -0.1) is 0 Å². The van der Waals surface area contributed by atoms with Gasteiger partial charge in [-0.05, 0) is 32.0 Å². The second-order valence-corrected chi connectivity index (χ2v) is 7.05. The molecule has 0 saturated carbocycles. The Morgan fingerprint density at radius 1 is 1.07 bits per heavy atom. The minimum Gasteiger partial charge on any atom is -0.453 e. The highest BCUT2D eigenvalue weighted by molar-refractivity contribution is 5.93. The topological polar surface area (TPSA) is 90.5 Å². The van der Waals surface area contributed by atoms with E-state index in [-0.39, 0.29) is 11.6 Å². The monoisotopic (exact) mass is 403 g/mol. The number of pyridine rings is 1. The van der Waals surface area contributed by atoms with Gasteiger partial charge in [0.2, 0.25) is 0 Å². The summed E-state index contributed by atoms with van der Waals surface area (Å²) in [5.74, 6) is 0. The molecule has 0 aliphatic carbocycles. The molecule has 0 saturated heterocycles. The number of hydrogen-bond acceptors (Lipinski definition) is 5. The first kappa shape index (κ1) is 19.4. The first-order valence-electron chi connectivity index (χ1n) is 9.51. The van der Waals surface area contributed by atoms with Crippen LogP contribution >= 0.6 is 0 Å². The highest BCUT2D eigenvalue weighted by Gasteiger charge is 2.19.